The molecule has 16 heavy (non-hydrogen) atoms. The quantitative estimate of drug-likeness (QED) is 0.790. The Morgan fingerprint density at radius 2 is 2.06 bits per heavy atom. The third kappa shape index (κ3) is 2.38. The number of benzene rings is 1. The van der Waals surface area contributed by atoms with Crippen LogP contribution in [-0.4, -0.2) is 23.5 Å². The molecule has 2 rings (SSSR count). The molecule has 1 saturated heterocycles. The summed E-state index contributed by atoms with van der Waals surface area (Å²) in [6, 6.07) is 8.20. The van der Waals surface area contributed by atoms with E-state index >= 15 is 0 Å². The van der Waals surface area contributed by atoms with Crippen molar-refractivity contribution in [2.24, 2.45) is 0 Å². The first-order valence-electron chi connectivity index (χ1n) is 6.18. The summed E-state index contributed by atoms with van der Waals surface area (Å²) in [6.07, 6.45) is 3.71. The molecule has 0 radical (unpaired) electrons. The van der Waals surface area contributed by atoms with Crippen molar-refractivity contribution in [2.45, 2.75) is 38.6 Å². The van der Waals surface area contributed by atoms with E-state index in [0.717, 1.165) is 18.7 Å². The molecular formula is C14H22N2. The lowest BCUT2D eigenvalue weighted by atomic mass is 10.0. The lowest BCUT2D eigenvalue weighted by molar-refractivity contribution is 0.177. The number of para-hydroxylation sites is 1. The van der Waals surface area contributed by atoms with Gasteiger partial charge < -0.3 is 5.73 Å². The molecule has 0 atom stereocenters. The van der Waals surface area contributed by atoms with Crippen molar-refractivity contribution in [3.63, 3.8) is 0 Å². The van der Waals surface area contributed by atoms with Crippen molar-refractivity contribution in [2.75, 3.05) is 18.8 Å². The van der Waals surface area contributed by atoms with E-state index in [0.29, 0.717) is 5.54 Å². The van der Waals surface area contributed by atoms with E-state index < -0.39 is 0 Å². The van der Waals surface area contributed by atoms with Gasteiger partial charge in [-0.25, -0.2) is 0 Å². The Balaban J connectivity index is 1.95. The Hall–Kier alpha value is -1.02. The SMILES string of the molecule is CC1(C)CCCN1CCc1ccccc1N. The van der Waals surface area contributed by atoms with E-state index in [1.807, 2.05) is 12.1 Å². The van der Waals surface area contributed by atoms with Gasteiger partial charge in [-0.15, -0.1) is 0 Å². The van der Waals surface area contributed by atoms with Crippen LogP contribution in [0, 0.1) is 0 Å². The summed E-state index contributed by atoms with van der Waals surface area (Å²) in [7, 11) is 0. The molecule has 0 spiro atoms. The van der Waals surface area contributed by atoms with E-state index in [9.17, 15) is 0 Å². The van der Waals surface area contributed by atoms with Gasteiger partial charge >= 0.3 is 0 Å². The maximum atomic E-state index is 5.95. The molecular weight excluding hydrogens is 196 g/mol. The number of likely N-dealkylation sites (tertiary alicyclic amines) is 1. The zero-order valence-corrected chi connectivity index (χ0v) is 10.4. The van der Waals surface area contributed by atoms with Crippen LogP contribution in [0.25, 0.3) is 0 Å². The summed E-state index contributed by atoms with van der Waals surface area (Å²) >= 11 is 0. The van der Waals surface area contributed by atoms with Gasteiger partial charge in [0.1, 0.15) is 0 Å². The monoisotopic (exact) mass is 218 g/mol. The van der Waals surface area contributed by atoms with Crippen LogP contribution in [0.3, 0.4) is 0 Å². The lowest BCUT2D eigenvalue weighted by Gasteiger charge is -2.31. The van der Waals surface area contributed by atoms with E-state index in [-0.39, 0.29) is 0 Å². The number of nitrogens with zero attached hydrogens (tertiary/aromatic N) is 1. The molecule has 2 heteroatoms. The molecule has 88 valence electrons. The van der Waals surface area contributed by atoms with Gasteiger partial charge in [-0.05, 0) is 51.3 Å². The summed E-state index contributed by atoms with van der Waals surface area (Å²) in [5.41, 5.74) is 8.55. The maximum absolute atomic E-state index is 5.95. The average molecular weight is 218 g/mol. The van der Waals surface area contributed by atoms with E-state index in [1.165, 1.54) is 24.9 Å². The van der Waals surface area contributed by atoms with Crippen LogP contribution in [0.4, 0.5) is 5.69 Å². The number of rotatable bonds is 3. The van der Waals surface area contributed by atoms with Crippen molar-refractivity contribution < 1.29 is 0 Å². The van der Waals surface area contributed by atoms with Gasteiger partial charge in [0.15, 0.2) is 0 Å². The van der Waals surface area contributed by atoms with Crippen LogP contribution in [0.5, 0.6) is 0 Å². The summed E-state index contributed by atoms with van der Waals surface area (Å²) in [5.74, 6) is 0. The van der Waals surface area contributed by atoms with Crippen molar-refractivity contribution in [3.8, 4) is 0 Å². The maximum Gasteiger partial charge on any atom is 0.0347 e. The van der Waals surface area contributed by atoms with Crippen LogP contribution in [-0.2, 0) is 6.42 Å². The fourth-order valence-corrected chi connectivity index (χ4v) is 2.60. The fourth-order valence-electron chi connectivity index (χ4n) is 2.60. The zero-order valence-electron chi connectivity index (χ0n) is 10.4. The van der Waals surface area contributed by atoms with Gasteiger partial charge in [-0.2, -0.15) is 0 Å². The second kappa shape index (κ2) is 4.46. The summed E-state index contributed by atoms with van der Waals surface area (Å²) in [4.78, 5) is 2.58. The number of hydrogen-bond acceptors (Lipinski definition) is 2. The molecule has 0 saturated carbocycles. The standard InChI is InChI=1S/C14H22N2/c1-14(2)9-5-10-16(14)11-8-12-6-3-4-7-13(12)15/h3-4,6-7H,5,8-11,15H2,1-2H3. The molecule has 0 bridgehead atoms. The Morgan fingerprint density at radius 3 is 2.69 bits per heavy atom. The van der Waals surface area contributed by atoms with E-state index in [1.54, 1.807) is 0 Å². The number of anilines is 1. The molecule has 0 amide bonds. The number of nitrogen functional groups attached to an aromatic ring is 1. The molecule has 1 aliphatic rings. The first kappa shape index (κ1) is 11.5. The third-order valence-electron chi connectivity index (χ3n) is 3.78. The topological polar surface area (TPSA) is 29.3 Å². The largest absolute Gasteiger partial charge is 0.399 e. The average Bonchev–Trinajstić information content (AvgIpc) is 2.57. The predicted octanol–water partition coefficient (Wildman–Crippen LogP) is 2.69. The van der Waals surface area contributed by atoms with Crippen molar-refractivity contribution in [3.05, 3.63) is 29.8 Å². The van der Waals surface area contributed by atoms with Crippen molar-refractivity contribution >= 4 is 5.69 Å². The van der Waals surface area contributed by atoms with Gasteiger partial charge in [0.05, 0.1) is 0 Å². The molecule has 1 aliphatic heterocycles. The molecule has 1 heterocycles. The highest BCUT2D eigenvalue weighted by Gasteiger charge is 2.31. The molecule has 1 aromatic carbocycles. The van der Waals surface area contributed by atoms with Gasteiger partial charge in [0, 0.05) is 17.8 Å². The van der Waals surface area contributed by atoms with E-state index in [2.05, 4.69) is 30.9 Å². The minimum Gasteiger partial charge on any atom is -0.399 e. The van der Waals surface area contributed by atoms with Crippen LogP contribution in [0.15, 0.2) is 24.3 Å². The van der Waals surface area contributed by atoms with Crippen molar-refractivity contribution in [1.29, 1.82) is 0 Å². The second-order valence-electron chi connectivity index (χ2n) is 5.35. The number of hydrogen-bond donors (Lipinski definition) is 1. The van der Waals surface area contributed by atoms with Gasteiger partial charge in [0.2, 0.25) is 0 Å². The van der Waals surface area contributed by atoms with Crippen LogP contribution >= 0.6 is 0 Å². The van der Waals surface area contributed by atoms with Crippen LogP contribution in [0.2, 0.25) is 0 Å². The van der Waals surface area contributed by atoms with Gasteiger partial charge in [-0.1, -0.05) is 18.2 Å². The molecule has 1 aromatic rings. The predicted molar refractivity (Wildman–Crippen MR) is 69.4 cm³/mol. The lowest BCUT2D eigenvalue weighted by Crippen LogP contribution is -2.39. The normalized spacial score (nSPS) is 20.1. The zero-order chi connectivity index (χ0) is 11.6. The summed E-state index contributed by atoms with van der Waals surface area (Å²) < 4.78 is 0. The van der Waals surface area contributed by atoms with Crippen LogP contribution < -0.4 is 5.73 Å². The highest BCUT2D eigenvalue weighted by Crippen LogP contribution is 2.28. The minimum atomic E-state index is 0.379. The highest BCUT2D eigenvalue weighted by atomic mass is 15.2. The second-order valence-corrected chi connectivity index (χ2v) is 5.35. The highest BCUT2D eigenvalue weighted by molar-refractivity contribution is 5.46. The van der Waals surface area contributed by atoms with Gasteiger partial charge in [0.25, 0.3) is 0 Å². The first-order chi connectivity index (χ1) is 7.59. The van der Waals surface area contributed by atoms with E-state index in [4.69, 9.17) is 5.73 Å². The molecule has 2 N–H and O–H groups in total. The smallest absolute Gasteiger partial charge is 0.0347 e. The third-order valence-corrected chi connectivity index (χ3v) is 3.78. The molecule has 0 aromatic heterocycles. The van der Waals surface area contributed by atoms with Crippen molar-refractivity contribution in [1.82, 2.24) is 4.90 Å². The fraction of sp³-hybridized carbons (Fsp3) is 0.571. The number of nitrogens with two attached hydrogens (primary N) is 1. The van der Waals surface area contributed by atoms with Crippen LogP contribution in [0.1, 0.15) is 32.3 Å². The summed E-state index contributed by atoms with van der Waals surface area (Å²) in [6.45, 7) is 7.05. The Kier molecular flexibility index (Phi) is 3.20. The molecule has 2 nitrogen and oxygen atoms in total. The van der Waals surface area contributed by atoms with Gasteiger partial charge in [-0.3, -0.25) is 4.90 Å². The Bertz CT molecular complexity index is 358. The summed E-state index contributed by atoms with van der Waals surface area (Å²) in [5, 5.41) is 0. The molecule has 0 unspecified atom stereocenters. The first-order valence-corrected chi connectivity index (χ1v) is 6.18. The minimum absolute atomic E-state index is 0.379. The molecule has 0 aliphatic carbocycles. The Morgan fingerprint density at radius 1 is 1.31 bits per heavy atom. The Labute approximate surface area is 98.4 Å². The molecule has 1 fully saturated rings.